The van der Waals surface area contributed by atoms with Gasteiger partial charge in [-0.25, -0.2) is 17.6 Å². The zero-order valence-electron chi connectivity index (χ0n) is 10.2. The van der Waals surface area contributed by atoms with E-state index in [1.807, 2.05) is 4.90 Å². The second kappa shape index (κ2) is 4.15. The molecule has 19 heavy (non-hydrogen) atoms. The molecular formula is C13H12F4N2. The van der Waals surface area contributed by atoms with Crippen LogP contribution in [0.5, 0.6) is 0 Å². The van der Waals surface area contributed by atoms with Gasteiger partial charge in [0.15, 0.2) is 23.3 Å². The first kappa shape index (κ1) is 12.3. The Morgan fingerprint density at radius 2 is 1.79 bits per heavy atom. The first-order valence-corrected chi connectivity index (χ1v) is 6.02. The summed E-state index contributed by atoms with van der Waals surface area (Å²) in [6.45, 7) is 2.69. The van der Waals surface area contributed by atoms with Crippen molar-refractivity contribution >= 4 is 0 Å². The van der Waals surface area contributed by atoms with Gasteiger partial charge in [0.1, 0.15) is 0 Å². The molecule has 2 aliphatic heterocycles. The van der Waals surface area contributed by atoms with Crippen LogP contribution in [0.2, 0.25) is 0 Å². The van der Waals surface area contributed by atoms with Crippen LogP contribution in [0.25, 0.3) is 0 Å². The Kier molecular flexibility index (Phi) is 2.69. The molecule has 2 aliphatic rings. The average molecular weight is 272 g/mol. The van der Waals surface area contributed by atoms with Crippen molar-refractivity contribution in [3.05, 3.63) is 46.8 Å². The number of fused-ring (bicyclic) bond motifs is 1. The summed E-state index contributed by atoms with van der Waals surface area (Å²) in [5.74, 6) is -6.05. The highest BCUT2D eigenvalue weighted by Crippen LogP contribution is 2.42. The maximum atomic E-state index is 13.8. The van der Waals surface area contributed by atoms with Gasteiger partial charge in [0.2, 0.25) is 0 Å². The first-order chi connectivity index (χ1) is 9.00. The summed E-state index contributed by atoms with van der Waals surface area (Å²) in [6.07, 6.45) is 1.77. The Morgan fingerprint density at radius 3 is 2.37 bits per heavy atom. The normalized spacial score (nSPS) is 25.3. The van der Waals surface area contributed by atoms with Crippen molar-refractivity contribution < 1.29 is 17.6 Å². The second-order valence-corrected chi connectivity index (χ2v) is 4.93. The van der Waals surface area contributed by atoms with Crippen LogP contribution in [0.1, 0.15) is 18.4 Å². The van der Waals surface area contributed by atoms with Gasteiger partial charge in [-0.2, -0.15) is 0 Å². The lowest BCUT2D eigenvalue weighted by molar-refractivity contribution is 0.382. The van der Waals surface area contributed by atoms with Gasteiger partial charge in [-0.05, 0) is 0 Å². The van der Waals surface area contributed by atoms with E-state index in [0.29, 0.717) is 13.2 Å². The van der Waals surface area contributed by atoms with E-state index in [0.717, 1.165) is 5.70 Å². The van der Waals surface area contributed by atoms with Crippen LogP contribution in [0, 0.1) is 29.2 Å². The number of allylic oxidation sites excluding steroid dienone is 1. The molecule has 102 valence electrons. The Bertz CT molecular complexity index is 544. The van der Waals surface area contributed by atoms with Crippen molar-refractivity contribution in [1.82, 2.24) is 10.2 Å². The molecule has 6 heteroatoms. The molecule has 0 saturated carbocycles. The van der Waals surface area contributed by atoms with Crippen LogP contribution in [-0.2, 0) is 0 Å². The topological polar surface area (TPSA) is 15.3 Å². The molecule has 0 bridgehead atoms. The number of nitrogens with one attached hydrogen (secondary N) is 1. The molecule has 0 aromatic heterocycles. The van der Waals surface area contributed by atoms with Gasteiger partial charge >= 0.3 is 0 Å². The molecule has 1 saturated heterocycles. The third-order valence-corrected chi connectivity index (χ3v) is 3.90. The molecule has 1 aromatic carbocycles. The largest absolute Gasteiger partial charge is 0.372 e. The zero-order valence-corrected chi connectivity index (χ0v) is 10.2. The van der Waals surface area contributed by atoms with Gasteiger partial charge in [-0.15, -0.1) is 0 Å². The summed E-state index contributed by atoms with van der Waals surface area (Å²) >= 11 is 0. The number of rotatable bonds is 1. The highest BCUT2D eigenvalue weighted by atomic mass is 19.2. The Labute approximate surface area is 107 Å². The molecule has 2 nitrogen and oxygen atoms in total. The number of nitrogens with zero attached hydrogens (tertiary/aromatic N) is 1. The van der Waals surface area contributed by atoms with Gasteiger partial charge in [0.25, 0.3) is 0 Å². The second-order valence-electron chi connectivity index (χ2n) is 4.93. The van der Waals surface area contributed by atoms with Gasteiger partial charge in [0, 0.05) is 41.9 Å². The Morgan fingerprint density at radius 1 is 1.16 bits per heavy atom. The van der Waals surface area contributed by atoms with Crippen molar-refractivity contribution in [3.8, 4) is 0 Å². The minimum absolute atomic E-state index is 0.194. The highest BCUT2D eigenvalue weighted by Gasteiger charge is 2.40. The number of hydrogen-bond donors (Lipinski definition) is 1. The predicted molar refractivity (Wildman–Crippen MR) is 61.0 cm³/mol. The molecule has 0 radical (unpaired) electrons. The quantitative estimate of drug-likeness (QED) is 0.624. The first-order valence-electron chi connectivity index (χ1n) is 6.02. The van der Waals surface area contributed by atoms with E-state index in [1.165, 1.54) is 0 Å². The van der Waals surface area contributed by atoms with E-state index in [-0.39, 0.29) is 12.0 Å². The predicted octanol–water partition coefficient (Wildman–Crippen LogP) is 2.68. The monoisotopic (exact) mass is 272 g/mol. The summed E-state index contributed by atoms with van der Waals surface area (Å²) in [7, 11) is 0. The van der Waals surface area contributed by atoms with Crippen molar-refractivity contribution in [2.75, 3.05) is 13.2 Å². The maximum absolute atomic E-state index is 13.8. The maximum Gasteiger partial charge on any atom is 0.165 e. The van der Waals surface area contributed by atoms with Gasteiger partial charge in [0.05, 0.1) is 6.67 Å². The lowest BCUT2D eigenvalue weighted by Gasteiger charge is -2.17. The van der Waals surface area contributed by atoms with E-state index < -0.39 is 34.8 Å². The molecule has 1 aromatic rings. The minimum Gasteiger partial charge on any atom is -0.372 e. The SMILES string of the molecule is C[C@H]1C2=CNCN2C[C@H]1c1c(F)c(F)cc(F)c1F. The summed E-state index contributed by atoms with van der Waals surface area (Å²) in [6, 6.07) is 0.246. The van der Waals surface area contributed by atoms with E-state index in [4.69, 9.17) is 0 Å². The zero-order chi connectivity index (χ0) is 13.7. The van der Waals surface area contributed by atoms with Crippen LogP contribution in [0.4, 0.5) is 17.6 Å². The number of hydrogen-bond acceptors (Lipinski definition) is 2. The van der Waals surface area contributed by atoms with E-state index >= 15 is 0 Å². The lowest BCUT2D eigenvalue weighted by Crippen LogP contribution is -2.23. The molecule has 0 unspecified atom stereocenters. The fraction of sp³-hybridized carbons (Fsp3) is 0.385. The van der Waals surface area contributed by atoms with E-state index in [2.05, 4.69) is 5.32 Å². The third-order valence-electron chi connectivity index (χ3n) is 3.90. The van der Waals surface area contributed by atoms with Gasteiger partial charge in [-0.1, -0.05) is 6.92 Å². The number of halogens is 4. The van der Waals surface area contributed by atoms with Crippen molar-refractivity contribution in [2.24, 2.45) is 5.92 Å². The van der Waals surface area contributed by atoms with Gasteiger partial charge in [-0.3, -0.25) is 0 Å². The van der Waals surface area contributed by atoms with Crippen LogP contribution in [0.3, 0.4) is 0 Å². The number of benzene rings is 1. The molecule has 3 rings (SSSR count). The minimum atomic E-state index is -1.35. The standard InChI is InChI=1S/C13H12F4N2/c1-6-7(4-19-5-18-3-10(6)19)11-12(16)8(14)2-9(15)13(11)17/h2-3,6-7,18H,4-5H2,1H3/t6-,7-/m1/s1. The third kappa shape index (κ3) is 1.69. The molecule has 0 spiro atoms. The van der Waals surface area contributed by atoms with Crippen LogP contribution in [-0.4, -0.2) is 18.1 Å². The van der Waals surface area contributed by atoms with E-state index in [9.17, 15) is 17.6 Å². The molecular weight excluding hydrogens is 260 g/mol. The van der Waals surface area contributed by atoms with Gasteiger partial charge < -0.3 is 10.2 Å². The van der Waals surface area contributed by atoms with Crippen LogP contribution in [0.15, 0.2) is 18.0 Å². The fourth-order valence-corrected chi connectivity index (χ4v) is 2.89. The average Bonchev–Trinajstić information content (AvgIpc) is 2.92. The van der Waals surface area contributed by atoms with Crippen LogP contribution < -0.4 is 5.32 Å². The molecule has 1 N–H and O–H groups in total. The Hall–Kier alpha value is -1.72. The highest BCUT2D eigenvalue weighted by molar-refractivity contribution is 5.32. The summed E-state index contributed by atoms with van der Waals surface area (Å²) in [5.41, 5.74) is 0.425. The summed E-state index contributed by atoms with van der Waals surface area (Å²) < 4.78 is 54.2. The molecule has 0 amide bonds. The summed E-state index contributed by atoms with van der Waals surface area (Å²) in [4.78, 5) is 1.91. The van der Waals surface area contributed by atoms with Crippen molar-refractivity contribution in [1.29, 1.82) is 0 Å². The lowest BCUT2D eigenvalue weighted by atomic mass is 9.88. The fourth-order valence-electron chi connectivity index (χ4n) is 2.89. The summed E-state index contributed by atoms with van der Waals surface area (Å²) in [5, 5.41) is 3.01. The molecule has 2 heterocycles. The smallest absolute Gasteiger partial charge is 0.165 e. The van der Waals surface area contributed by atoms with Crippen LogP contribution >= 0.6 is 0 Å². The molecule has 0 aliphatic carbocycles. The van der Waals surface area contributed by atoms with E-state index in [1.54, 1.807) is 13.1 Å². The molecule has 2 atom stereocenters. The van der Waals surface area contributed by atoms with Crippen molar-refractivity contribution in [2.45, 2.75) is 12.8 Å². The Balaban J connectivity index is 2.09. The van der Waals surface area contributed by atoms with Crippen molar-refractivity contribution in [3.63, 3.8) is 0 Å². The molecule has 1 fully saturated rings.